The summed E-state index contributed by atoms with van der Waals surface area (Å²) in [5.41, 5.74) is 1.79. The largest absolute Gasteiger partial charge is 0.357 e. The van der Waals surface area contributed by atoms with E-state index < -0.39 is 15.6 Å². The fraction of sp³-hybridized carbons (Fsp3) is 0.588. The van der Waals surface area contributed by atoms with E-state index in [1.807, 2.05) is 32.7 Å². The molecule has 1 rings (SSSR count). The van der Waals surface area contributed by atoms with Crippen LogP contribution in [0.15, 0.2) is 29.3 Å². The van der Waals surface area contributed by atoms with Gasteiger partial charge in [0.15, 0.2) is 5.96 Å². The molecule has 0 atom stereocenters. The van der Waals surface area contributed by atoms with Gasteiger partial charge in [0.05, 0.1) is 12.8 Å². The Labute approximate surface area is 169 Å². The van der Waals surface area contributed by atoms with Crippen LogP contribution in [0, 0.1) is 6.92 Å². The number of aryl methyl sites for hydroxylation is 1. The van der Waals surface area contributed by atoms with Crippen molar-refractivity contribution in [1.29, 1.82) is 0 Å². The fourth-order valence-electron chi connectivity index (χ4n) is 2.32. The van der Waals surface area contributed by atoms with E-state index in [1.165, 1.54) is 11.1 Å². The van der Waals surface area contributed by atoms with Gasteiger partial charge in [-0.05, 0) is 33.3 Å². The highest BCUT2D eigenvalue weighted by molar-refractivity contribution is 14.0. The Morgan fingerprint density at radius 3 is 2.28 bits per heavy atom. The van der Waals surface area contributed by atoms with E-state index in [0.717, 1.165) is 25.3 Å². The zero-order valence-electron chi connectivity index (χ0n) is 16.0. The molecular formula is C17H31IN4O2S. The molecule has 0 radical (unpaired) electrons. The van der Waals surface area contributed by atoms with Gasteiger partial charge in [0.1, 0.15) is 0 Å². The van der Waals surface area contributed by atoms with Crippen LogP contribution in [0.2, 0.25) is 0 Å². The van der Waals surface area contributed by atoms with Gasteiger partial charge in [0.25, 0.3) is 0 Å². The summed E-state index contributed by atoms with van der Waals surface area (Å²) >= 11 is 0. The van der Waals surface area contributed by atoms with Crippen molar-refractivity contribution >= 4 is 40.0 Å². The molecule has 0 aliphatic rings. The highest BCUT2D eigenvalue weighted by Crippen LogP contribution is 2.08. The van der Waals surface area contributed by atoms with Gasteiger partial charge in [0.2, 0.25) is 10.0 Å². The van der Waals surface area contributed by atoms with E-state index in [1.54, 1.807) is 0 Å². The van der Waals surface area contributed by atoms with E-state index in [0.29, 0.717) is 6.54 Å². The number of aliphatic imine (C=N–C) groups is 1. The number of halogens is 1. The maximum absolute atomic E-state index is 11.4. The third kappa shape index (κ3) is 10.0. The molecule has 1 aromatic rings. The zero-order chi connectivity index (χ0) is 18.4. The second-order valence-electron chi connectivity index (χ2n) is 6.77. The Morgan fingerprint density at radius 2 is 1.80 bits per heavy atom. The summed E-state index contributed by atoms with van der Waals surface area (Å²) in [5, 5.41) is 3.25. The van der Waals surface area contributed by atoms with Crippen LogP contribution in [-0.2, 0) is 16.6 Å². The summed E-state index contributed by atoms with van der Waals surface area (Å²) in [6.07, 6.45) is 1.16. The minimum atomic E-state index is -3.27. The van der Waals surface area contributed by atoms with Crippen LogP contribution in [0.3, 0.4) is 0 Å². The molecule has 0 aliphatic carbocycles. The Balaban J connectivity index is 0.00000576. The van der Waals surface area contributed by atoms with E-state index in [-0.39, 0.29) is 24.0 Å². The lowest BCUT2D eigenvalue weighted by molar-refractivity contribution is 0.446. The van der Waals surface area contributed by atoms with E-state index in [9.17, 15) is 8.42 Å². The molecule has 0 saturated heterocycles. The minimum Gasteiger partial charge on any atom is -0.357 e. The number of sulfonamides is 1. The molecule has 0 aliphatic heterocycles. The van der Waals surface area contributed by atoms with Crippen LogP contribution in [0.1, 0.15) is 31.9 Å². The van der Waals surface area contributed by atoms with Crippen LogP contribution < -0.4 is 10.0 Å². The minimum absolute atomic E-state index is 0. The van der Waals surface area contributed by atoms with Gasteiger partial charge in [-0.25, -0.2) is 13.1 Å². The highest BCUT2D eigenvalue weighted by Gasteiger charge is 2.22. The molecule has 0 unspecified atom stereocenters. The van der Waals surface area contributed by atoms with Gasteiger partial charge < -0.3 is 10.2 Å². The lowest BCUT2D eigenvalue weighted by Crippen LogP contribution is -2.46. The number of rotatable bonds is 7. The van der Waals surface area contributed by atoms with Crippen molar-refractivity contribution in [3.05, 3.63) is 35.4 Å². The molecule has 8 heteroatoms. The van der Waals surface area contributed by atoms with E-state index in [4.69, 9.17) is 0 Å². The lowest BCUT2D eigenvalue weighted by atomic mass is 10.1. The summed E-state index contributed by atoms with van der Waals surface area (Å²) in [6.45, 7) is 9.54. The van der Waals surface area contributed by atoms with Gasteiger partial charge in [-0.15, -0.1) is 24.0 Å². The van der Waals surface area contributed by atoms with E-state index in [2.05, 4.69) is 46.2 Å². The number of nitrogens with zero attached hydrogens (tertiary/aromatic N) is 2. The number of hydrogen-bond donors (Lipinski definition) is 2. The molecule has 0 heterocycles. The molecule has 0 amide bonds. The van der Waals surface area contributed by atoms with Crippen LogP contribution >= 0.6 is 24.0 Å². The highest BCUT2D eigenvalue weighted by atomic mass is 127. The lowest BCUT2D eigenvalue weighted by Gasteiger charge is -2.26. The topological polar surface area (TPSA) is 73.8 Å². The van der Waals surface area contributed by atoms with Crippen molar-refractivity contribution in [1.82, 2.24) is 14.9 Å². The third-order valence-electron chi connectivity index (χ3n) is 3.32. The first-order valence-electron chi connectivity index (χ1n) is 8.06. The van der Waals surface area contributed by atoms with Crippen molar-refractivity contribution in [2.75, 3.05) is 26.4 Å². The van der Waals surface area contributed by atoms with Gasteiger partial charge in [-0.1, -0.05) is 29.8 Å². The first-order chi connectivity index (χ1) is 11.0. The quantitative estimate of drug-likeness (QED) is 0.356. The first-order valence-corrected chi connectivity index (χ1v) is 9.95. The van der Waals surface area contributed by atoms with Crippen molar-refractivity contribution in [3.63, 3.8) is 0 Å². The molecule has 25 heavy (non-hydrogen) atoms. The number of guanidine groups is 1. The predicted molar refractivity (Wildman–Crippen MR) is 116 cm³/mol. The summed E-state index contributed by atoms with van der Waals surface area (Å²) in [6, 6.07) is 8.38. The molecule has 0 spiro atoms. The molecule has 1 aromatic carbocycles. The summed E-state index contributed by atoms with van der Waals surface area (Å²) in [7, 11) is -1.30. The van der Waals surface area contributed by atoms with Gasteiger partial charge in [-0.2, -0.15) is 0 Å². The summed E-state index contributed by atoms with van der Waals surface area (Å²) in [5.74, 6) is 0.751. The van der Waals surface area contributed by atoms with Gasteiger partial charge >= 0.3 is 0 Å². The maximum Gasteiger partial charge on any atom is 0.209 e. The van der Waals surface area contributed by atoms with Crippen molar-refractivity contribution in [2.45, 2.75) is 39.8 Å². The first kappa shape index (κ1) is 24.1. The Morgan fingerprint density at radius 1 is 1.24 bits per heavy atom. The molecule has 144 valence electrons. The number of nitrogens with one attached hydrogen (secondary N) is 2. The van der Waals surface area contributed by atoms with Crippen molar-refractivity contribution in [2.24, 2.45) is 4.99 Å². The van der Waals surface area contributed by atoms with Gasteiger partial charge in [0, 0.05) is 25.7 Å². The smallest absolute Gasteiger partial charge is 0.209 e. The second kappa shape index (κ2) is 10.3. The number of hydrogen-bond acceptors (Lipinski definition) is 3. The van der Waals surface area contributed by atoms with Crippen LogP contribution in [0.4, 0.5) is 0 Å². The van der Waals surface area contributed by atoms with Crippen LogP contribution in [0.5, 0.6) is 0 Å². The normalized spacial score (nSPS) is 12.5. The monoisotopic (exact) mass is 482 g/mol. The molecule has 0 fully saturated rings. The maximum atomic E-state index is 11.4. The van der Waals surface area contributed by atoms with E-state index >= 15 is 0 Å². The SMILES string of the molecule is CCNC(=NCC(C)(C)NS(C)(=O)=O)N(C)Cc1ccc(C)cc1.I. The molecule has 6 nitrogen and oxygen atoms in total. The summed E-state index contributed by atoms with van der Waals surface area (Å²) < 4.78 is 25.5. The Hall–Kier alpha value is -0.870. The average molecular weight is 482 g/mol. The fourth-order valence-corrected chi connectivity index (χ4v) is 3.39. The summed E-state index contributed by atoms with van der Waals surface area (Å²) in [4.78, 5) is 6.62. The zero-order valence-corrected chi connectivity index (χ0v) is 19.1. The molecular weight excluding hydrogens is 451 g/mol. The Bertz CT molecular complexity index is 658. The van der Waals surface area contributed by atoms with Gasteiger partial charge in [-0.3, -0.25) is 4.99 Å². The Kier molecular flexibility index (Phi) is 9.96. The third-order valence-corrected chi connectivity index (χ3v) is 4.25. The average Bonchev–Trinajstić information content (AvgIpc) is 2.43. The second-order valence-corrected chi connectivity index (χ2v) is 8.52. The standard InChI is InChI=1S/C17H30N4O2S.HI/c1-7-18-16(19-13-17(3,4)20-24(6,22)23)21(5)12-15-10-8-14(2)9-11-15;/h8-11,20H,7,12-13H2,1-6H3,(H,18,19);1H. The van der Waals surface area contributed by atoms with Crippen molar-refractivity contribution in [3.8, 4) is 0 Å². The van der Waals surface area contributed by atoms with Crippen LogP contribution in [0.25, 0.3) is 0 Å². The van der Waals surface area contributed by atoms with Crippen LogP contribution in [-0.4, -0.2) is 51.2 Å². The molecule has 0 saturated carbocycles. The molecule has 0 aromatic heterocycles. The van der Waals surface area contributed by atoms with Crippen molar-refractivity contribution < 1.29 is 8.42 Å². The predicted octanol–water partition coefficient (Wildman–Crippen LogP) is 2.34. The molecule has 0 bridgehead atoms. The molecule has 2 N–H and O–H groups in total. The number of benzene rings is 1.